The maximum atomic E-state index is 11.2. The number of amides is 1. The van der Waals surface area contributed by atoms with Gasteiger partial charge >= 0.3 is 0 Å². The lowest BCUT2D eigenvalue weighted by Gasteiger charge is -2.18. The molecule has 6 nitrogen and oxygen atoms in total. The minimum Gasteiger partial charge on any atom is -0.482 e. The lowest BCUT2D eigenvalue weighted by molar-refractivity contribution is -0.118. The van der Waals surface area contributed by atoms with Crippen LogP contribution in [0.4, 0.5) is 10.8 Å². The molecule has 7 heteroatoms. The zero-order valence-electron chi connectivity index (χ0n) is 9.34. The number of aromatic nitrogens is 2. The number of carbonyl (C=O) groups is 1. The Balaban J connectivity index is 1.73. The third kappa shape index (κ3) is 2.25. The first kappa shape index (κ1) is 11.0. The number of ether oxygens (including phenoxy) is 1. The Morgan fingerprint density at radius 2 is 2.44 bits per heavy atom. The second kappa shape index (κ2) is 4.61. The highest BCUT2D eigenvalue weighted by molar-refractivity contribution is 7.13. The van der Waals surface area contributed by atoms with Gasteiger partial charge in [-0.15, -0.1) is 10.2 Å². The smallest absolute Gasteiger partial charge is 0.262 e. The number of nitrogens with zero attached hydrogens (tertiary/aromatic N) is 2. The summed E-state index contributed by atoms with van der Waals surface area (Å²) in [5, 5.41) is 14.3. The summed E-state index contributed by atoms with van der Waals surface area (Å²) in [5.41, 5.74) is 3.42. The molecule has 0 bridgehead atoms. The van der Waals surface area contributed by atoms with Crippen LogP contribution in [-0.4, -0.2) is 22.7 Å². The van der Waals surface area contributed by atoms with E-state index in [4.69, 9.17) is 4.74 Å². The quantitative estimate of drug-likeness (QED) is 0.876. The number of anilines is 2. The van der Waals surface area contributed by atoms with Crippen molar-refractivity contribution in [3.05, 3.63) is 29.3 Å². The van der Waals surface area contributed by atoms with Crippen molar-refractivity contribution in [1.29, 1.82) is 0 Å². The number of benzene rings is 1. The van der Waals surface area contributed by atoms with Gasteiger partial charge in [-0.2, -0.15) is 0 Å². The topological polar surface area (TPSA) is 76.1 Å². The Kier molecular flexibility index (Phi) is 2.81. The molecule has 2 heterocycles. The SMILES string of the molecule is O=C1COc2ccc(CNc3nncs3)cc2N1. The molecule has 1 aromatic heterocycles. The van der Waals surface area contributed by atoms with Gasteiger partial charge in [0.25, 0.3) is 5.91 Å². The second-order valence-electron chi connectivity index (χ2n) is 3.76. The van der Waals surface area contributed by atoms with E-state index in [0.29, 0.717) is 18.0 Å². The molecular formula is C11H10N4O2S. The van der Waals surface area contributed by atoms with Crippen molar-refractivity contribution in [3.63, 3.8) is 0 Å². The first-order chi connectivity index (χ1) is 8.81. The van der Waals surface area contributed by atoms with Gasteiger partial charge in [0.15, 0.2) is 6.61 Å². The van der Waals surface area contributed by atoms with E-state index in [1.54, 1.807) is 5.51 Å². The molecule has 2 N–H and O–H groups in total. The summed E-state index contributed by atoms with van der Waals surface area (Å²) in [7, 11) is 0. The van der Waals surface area contributed by atoms with Gasteiger partial charge in [0.05, 0.1) is 5.69 Å². The zero-order chi connectivity index (χ0) is 12.4. The van der Waals surface area contributed by atoms with Crippen molar-refractivity contribution in [1.82, 2.24) is 10.2 Å². The van der Waals surface area contributed by atoms with Gasteiger partial charge in [-0.05, 0) is 17.7 Å². The third-order valence-corrected chi connectivity index (χ3v) is 3.13. The van der Waals surface area contributed by atoms with E-state index in [1.807, 2.05) is 18.2 Å². The average molecular weight is 262 g/mol. The van der Waals surface area contributed by atoms with Crippen molar-refractivity contribution < 1.29 is 9.53 Å². The Labute approximate surface area is 107 Å². The number of hydrogen-bond acceptors (Lipinski definition) is 6. The van der Waals surface area contributed by atoms with Crippen LogP contribution in [-0.2, 0) is 11.3 Å². The van der Waals surface area contributed by atoms with E-state index >= 15 is 0 Å². The van der Waals surface area contributed by atoms with Gasteiger partial charge in [-0.25, -0.2) is 0 Å². The van der Waals surface area contributed by atoms with Crippen LogP contribution >= 0.6 is 11.3 Å². The highest BCUT2D eigenvalue weighted by Gasteiger charge is 2.15. The lowest BCUT2D eigenvalue weighted by Crippen LogP contribution is -2.25. The predicted octanol–water partition coefficient (Wildman–Crippen LogP) is 1.48. The summed E-state index contributed by atoms with van der Waals surface area (Å²) in [6.45, 7) is 0.702. The Bertz CT molecular complexity index is 570. The molecule has 1 aliphatic rings. The predicted molar refractivity (Wildman–Crippen MR) is 67.8 cm³/mol. The lowest BCUT2D eigenvalue weighted by atomic mass is 10.1. The Morgan fingerprint density at radius 1 is 1.50 bits per heavy atom. The molecule has 0 atom stereocenters. The van der Waals surface area contributed by atoms with Crippen LogP contribution in [0, 0.1) is 0 Å². The molecule has 0 saturated heterocycles. The van der Waals surface area contributed by atoms with Crippen LogP contribution in [0.15, 0.2) is 23.7 Å². The van der Waals surface area contributed by atoms with Gasteiger partial charge in [0.2, 0.25) is 5.13 Å². The van der Waals surface area contributed by atoms with Gasteiger partial charge < -0.3 is 15.4 Å². The van der Waals surface area contributed by atoms with Crippen molar-refractivity contribution in [2.75, 3.05) is 17.2 Å². The molecule has 92 valence electrons. The fourth-order valence-electron chi connectivity index (χ4n) is 1.67. The molecule has 1 aromatic carbocycles. The van der Waals surface area contributed by atoms with Crippen LogP contribution in [0.1, 0.15) is 5.56 Å². The van der Waals surface area contributed by atoms with Crippen LogP contribution < -0.4 is 15.4 Å². The molecular weight excluding hydrogens is 252 g/mol. The Hall–Kier alpha value is -2.15. The first-order valence-electron chi connectivity index (χ1n) is 5.37. The molecule has 3 rings (SSSR count). The van der Waals surface area contributed by atoms with Gasteiger partial charge in [-0.1, -0.05) is 17.4 Å². The zero-order valence-corrected chi connectivity index (χ0v) is 10.2. The number of fused-ring (bicyclic) bond motifs is 1. The second-order valence-corrected chi connectivity index (χ2v) is 4.60. The van der Waals surface area contributed by atoms with Crippen LogP contribution in [0.25, 0.3) is 0 Å². The van der Waals surface area contributed by atoms with Gasteiger partial charge in [0.1, 0.15) is 11.3 Å². The minimum absolute atomic E-state index is 0.0788. The fourth-order valence-corrected chi connectivity index (χ4v) is 2.11. The van der Waals surface area contributed by atoms with E-state index in [2.05, 4.69) is 20.8 Å². The maximum Gasteiger partial charge on any atom is 0.262 e. The van der Waals surface area contributed by atoms with E-state index in [9.17, 15) is 4.79 Å². The minimum atomic E-state index is -0.128. The van der Waals surface area contributed by atoms with Crippen LogP contribution in [0.5, 0.6) is 5.75 Å². The maximum absolute atomic E-state index is 11.2. The third-order valence-electron chi connectivity index (χ3n) is 2.48. The van der Waals surface area contributed by atoms with Crippen molar-refractivity contribution in [2.45, 2.75) is 6.54 Å². The summed E-state index contributed by atoms with van der Waals surface area (Å²) >= 11 is 1.44. The average Bonchev–Trinajstić information content (AvgIpc) is 2.89. The monoisotopic (exact) mass is 262 g/mol. The van der Waals surface area contributed by atoms with Crippen molar-refractivity contribution >= 4 is 28.1 Å². The summed E-state index contributed by atoms with van der Waals surface area (Å²) in [6, 6.07) is 5.69. The molecule has 0 radical (unpaired) electrons. The molecule has 0 unspecified atom stereocenters. The number of hydrogen-bond donors (Lipinski definition) is 2. The fraction of sp³-hybridized carbons (Fsp3) is 0.182. The van der Waals surface area contributed by atoms with E-state index in [0.717, 1.165) is 10.7 Å². The largest absolute Gasteiger partial charge is 0.482 e. The van der Waals surface area contributed by atoms with Crippen LogP contribution in [0.2, 0.25) is 0 Å². The van der Waals surface area contributed by atoms with E-state index < -0.39 is 0 Å². The first-order valence-corrected chi connectivity index (χ1v) is 6.25. The molecule has 0 aliphatic carbocycles. The van der Waals surface area contributed by atoms with E-state index in [-0.39, 0.29) is 12.5 Å². The number of nitrogens with one attached hydrogen (secondary N) is 2. The summed E-state index contributed by atoms with van der Waals surface area (Å²) < 4.78 is 5.29. The van der Waals surface area contributed by atoms with Gasteiger partial charge in [0, 0.05) is 6.54 Å². The molecule has 1 aliphatic heterocycles. The molecule has 2 aromatic rings. The van der Waals surface area contributed by atoms with Gasteiger partial charge in [-0.3, -0.25) is 4.79 Å². The molecule has 1 amide bonds. The Morgan fingerprint density at radius 3 is 3.28 bits per heavy atom. The standard InChI is InChI=1S/C11H10N4O2S/c16-10-5-17-9-2-1-7(3-8(9)14-10)4-12-11-15-13-6-18-11/h1-3,6H,4-5H2,(H,12,15)(H,14,16). The molecule has 0 saturated carbocycles. The highest BCUT2D eigenvalue weighted by atomic mass is 32.1. The van der Waals surface area contributed by atoms with Crippen molar-refractivity contribution in [3.8, 4) is 5.75 Å². The normalized spacial score (nSPS) is 13.4. The van der Waals surface area contributed by atoms with Crippen LogP contribution in [0.3, 0.4) is 0 Å². The van der Waals surface area contributed by atoms with E-state index in [1.165, 1.54) is 11.3 Å². The number of carbonyl (C=O) groups excluding carboxylic acids is 1. The molecule has 0 spiro atoms. The highest BCUT2D eigenvalue weighted by Crippen LogP contribution is 2.28. The number of rotatable bonds is 3. The molecule has 0 fully saturated rings. The summed E-state index contributed by atoms with van der Waals surface area (Å²) in [6.07, 6.45) is 0. The van der Waals surface area contributed by atoms with Crippen molar-refractivity contribution in [2.24, 2.45) is 0 Å². The summed E-state index contributed by atoms with van der Waals surface area (Å²) in [4.78, 5) is 11.2. The molecule has 18 heavy (non-hydrogen) atoms. The summed E-state index contributed by atoms with van der Waals surface area (Å²) in [5.74, 6) is 0.575.